The van der Waals surface area contributed by atoms with E-state index in [0.717, 1.165) is 31.6 Å². The molecule has 3 aromatic rings. The standard InChI is InChI=1S/C28H34F3N7O4S/c1-42-24-17-20(25(29)26(32-24)37-12-8-28(30,31)9-13-37)21-18-38(35-33-21)22-3-2-19(34-43(40,41)15-14-39)16-23(22)36-10-6-27(4-5-27)7-11-36/h2-3,16-18,34,39H,4-15H2,1H3. The minimum atomic E-state index is -3.74. The number of aliphatic hydroxyl groups is 1. The van der Waals surface area contributed by atoms with Gasteiger partial charge in [0.05, 0.1) is 42.7 Å². The van der Waals surface area contributed by atoms with Crippen LogP contribution in [0.3, 0.4) is 0 Å². The van der Waals surface area contributed by atoms with Crippen molar-refractivity contribution in [3.63, 3.8) is 0 Å². The SMILES string of the molecule is COc1cc(-c2cn(-c3ccc(NS(=O)(=O)CCO)cc3N3CCC4(CC3)CC4)nn2)c(F)c(N2CCC(F)(F)CC2)n1. The van der Waals surface area contributed by atoms with Crippen molar-refractivity contribution in [1.82, 2.24) is 20.0 Å². The van der Waals surface area contributed by atoms with Crippen molar-refractivity contribution in [2.45, 2.75) is 44.4 Å². The van der Waals surface area contributed by atoms with Gasteiger partial charge in [0.1, 0.15) is 5.69 Å². The Morgan fingerprint density at radius 3 is 2.35 bits per heavy atom. The number of hydrogen-bond acceptors (Lipinski definition) is 9. The van der Waals surface area contributed by atoms with Gasteiger partial charge in [-0.05, 0) is 49.3 Å². The molecule has 11 nitrogen and oxygen atoms in total. The van der Waals surface area contributed by atoms with Crippen LogP contribution in [0.25, 0.3) is 16.9 Å². The minimum Gasteiger partial charge on any atom is -0.481 e. The first-order valence-corrected chi connectivity index (χ1v) is 16.0. The van der Waals surface area contributed by atoms with Gasteiger partial charge in [-0.15, -0.1) is 5.10 Å². The van der Waals surface area contributed by atoms with Crippen LogP contribution in [0.1, 0.15) is 38.5 Å². The van der Waals surface area contributed by atoms with Crippen molar-refractivity contribution in [2.75, 3.05) is 60.2 Å². The number of rotatable bonds is 9. The number of halogens is 3. The highest BCUT2D eigenvalue weighted by molar-refractivity contribution is 7.92. The summed E-state index contributed by atoms with van der Waals surface area (Å²) in [5.41, 5.74) is 2.37. The lowest BCUT2D eigenvalue weighted by atomic mass is 9.93. The molecule has 2 aliphatic heterocycles. The summed E-state index contributed by atoms with van der Waals surface area (Å²) in [5.74, 6) is -3.90. The Morgan fingerprint density at radius 2 is 1.70 bits per heavy atom. The number of piperidine rings is 2. The van der Waals surface area contributed by atoms with Crippen molar-refractivity contribution in [1.29, 1.82) is 0 Å². The first-order valence-electron chi connectivity index (χ1n) is 14.3. The number of alkyl halides is 2. The highest BCUT2D eigenvalue weighted by atomic mass is 32.2. The number of pyridine rings is 1. The summed E-state index contributed by atoms with van der Waals surface area (Å²) in [5, 5.41) is 17.6. The Balaban J connectivity index is 1.34. The third-order valence-corrected chi connectivity index (χ3v) is 9.93. The van der Waals surface area contributed by atoms with Crippen LogP contribution in [0.5, 0.6) is 5.88 Å². The Morgan fingerprint density at radius 1 is 1.00 bits per heavy atom. The lowest BCUT2D eigenvalue weighted by molar-refractivity contribution is -0.0222. The number of ether oxygens (including phenoxy) is 1. The van der Waals surface area contributed by atoms with E-state index >= 15 is 4.39 Å². The number of nitrogens with one attached hydrogen (secondary N) is 1. The average Bonchev–Trinajstić information content (AvgIpc) is 3.54. The third kappa shape index (κ3) is 6.23. The van der Waals surface area contributed by atoms with Crippen molar-refractivity contribution in [3.8, 4) is 22.8 Å². The van der Waals surface area contributed by atoms with Gasteiger partial charge in [-0.25, -0.2) is 26.3 Å². The molecule has 0 atom stereocenters. The van der Waals surface area contributed by atoms with Crippen LogP contribution in [-0.2, 0) is 10.0 Å². The summed E-state index contributed by atoms with van der Waals surface area (Å²) in [6.45, 7) is 0.973. The fraction of sp³-hybridized carbons (Fsp3) is 0.536. The van der Waals surface area contributed by atoms with Gasteiger partial charge in [-0.2, -0.15) is 4.98 Å². The second-order valence-corrected chi connectivity index (χ2v) is 13.4. The molecule has 0 bridgehead atoms. The van der Waals surface area contributed by atoms with Crippen molar-refractivity contribution in [2.24, 2.45) is 5.41 Å². The zero-order valence-electron chi connectivity index (χ0n) is 23.8. The van der Waals surface area contributed by atoms with Crippen molar-refractivity contribution in [3.05, 3.63) is 36.3 Å². The zero-order chi connectivity index (χ0) is 30.4. The van der Waals surface area contributed by atoms with Crippen LogP contribution in [0.15, 0.2) is 30.5 Å². The van der Waals surface area contributed by atoms with E-state index in [1.165, 1.54) is 35.6 Å². The molecule has 2 N–H and O–H groups in total. The average molecular weight is 622 g/mol. The van der Waals surface area contributed by atoms with Gasteiger partial charge in [-0.3, -0.25) is 4.72 Å². The van der Waals surface area contributed by atoms with E-state index in [0.29, 0.717) is 16.8 Å². The number of benzene rings is 1. The van der Waals surface area contributed by atoms with E-state index < -0.39 is 47.0 Å². The molecule has 1 saturated carbocycles. The smallest absolute Gasteiger partial charge is 0.251 e. The molecule has 2 saturated heterocycles. The van der Waals surface area contributed by atoms with Crippen LogP contribution in [0, 0.1) is 11.2 Å². The molecule has 0 amide bonds. The van der Waals surface area contributed by atoms with Crippen molar-refractivity contribution >= 4 is 27.2 Å². The van der Waals surface area contributed by atoms with Gasteiger partial charge in [0.2, 0.25) is 15.9 Å². The molecule has 3 aliphatic rings. The number of anilines is 3. The molecule has 0 unspecified atom stereocenters. The summed E-state index contributed by atoms with van der Waals surface area (Å²) < 4.78 is 77.4. The van der Waals surface area contributed by atoms with E-state index in [4.69, 9.17) is 9.84 Å². The molecule has 2 aromatic heterocycles. The van der Waals surface area contributed by atoms with Crippen LogP contribution in [-0.4, -0.2) is 85.1 Å². The van der Waals surface area contributed by atoms with Gasteiger partial charge in [0.15, 0.2) is 11.6 Å². The number of sulfonamides is 1. The molecule has 3 fully saturated rings. The maximum atomic E-state index is 15.9. The Kier molecular flexibility index (Phi) is 7.65. The fourth-order valence-electron chi connectivity index (χ4n) is 5.83. The van der Waals surface area contributed by atoms with E-state index in [2.05, 4.69) is 24.9 Å². The fourth-order valence-corrected chi connectivity index (χ4v) is 6.66. The van der Waals surface area contributed by atoms with Crippen LogP contribution < -0.4 is 19.3 Å². The van der Waals surface area contributed by atoms with Gasteiger partial charge >= 0.3 is 0 Å². The monoisotopic (exact) mass is 621 g/mol. The molecule has 6 rings (SSSR count). The first-order chi connectivity index (χ1) is 20.5. The van der Waals surface area contributed by atoms with E-state index in [-0.39, 0.29) is 36.0 Å². The summed E-state index contributed by atoms with van der Waals surface area (Å²) in [6, 6.07) is 6.44. The molecule has 232 valence electrons. The molecule has 1 spiro atoms. The molecule has 43 heavy (non-hydrogen) atoms. The molecule has 1 aromatic carbocycles. The maximum absolute atomic E-state index is 15.9. The predicted molar refractivity (Wildman–Crippen MR) is 155 cm³/mol. The van der Waals surface area contributed by atoms with Gasteiger partial charge in [0.25, 0.3) is 5.92 Å². The zero-order valence-corrected chi connectivity index (χ0v) is 24.6. The second-order valence-electron chi connectivity index (χ2n) is 11.6. The Hall–Kier alpha value is -3.59. The molecule has 4 heterocycles. The van der Waals surface area contributed by atoms with Gasteiger partial charge < -0.3 is 19.6 Å². The van der Waals surface area contributed by atoms with Crippen LogP contribution >= 0.6 is 0 Å². The normalized spacial score (nSPS) is 19.5. The predicted octanol–water partition coefficient (Wildman–Crippen LogP) is 3.83. The lowest BCUT2D eigenvalue weighted by Crippen LogP contribution is -2.40. The van der Waals surface area contributed by atoms with Crippen molar-refractivity contribution < 1.29 is 31.4 Å². The molecular formula is C28H34F3N7O4S. The topological polar surface area (TPSA) is 126 Å². The largest absolute Gasteiger partial charge is 0.481 e. The van der Waals surface area contributed by atoms with Crippen LogP contribution in [0.2, 0.25) is 0 Å². The quantitative estimate of drug-likeness (QED) is 0.367. The van der Waals surface area contributed by atoms with Gasteiger partial charge in [0, 0.05) is 50.7 Å². The number of methoxy groups -OCH3 is 1. The third-order valence-electron chi connectivity index (χ3n) is 8.67. The molecule has 1 aliphatic carbocycles. The molecule has 0 radical (unpaired) electrons. The van der Waals surface area contributed by atoms with Crippen LogP contribution in [0.4, 0.5) is 30.4 Å². The first kappa shape index (κ1) is 29.5. The summed E-state index contributed by atoms with van der Waals surface area (Å²) in [4.78, 5) is 7.88. The lowest BCUT2D eigenvalue weighted by Gasteiger charge is -2.35. The number of hydrogen-bond donors (Lipinski definition) is 2. The molecular weight excluding hydrogens is 587 g/mol. The van der Waals surface area contributed by atoms with E-state index in [9.17, 15) is 17.2 Å². The highest BCUT2D eigenvalue weighted by Gasteiger charge is 2.44. The number of nitrogens with zero attached hydrogens (tertiary/aromatic N) is 6. The maximum Gasteiger partial charge on any atom is 0.251 e. The highest BCUT2D eigenvalue weighted by Crippen LogP contribution is 2.54. The summed E-state index contributed by atoms with van der Waals surface area (Å²) >= 11 is 0. The summed E-state index contributed by atoms with van der Waals surface area (Å²) in [7, 11) is -2.35. The van der Waals surface area contributed by atoms with E-state index in [1.54, 1.807) is 24.4 Å². The molecule has 15 heteroatoms. The van der Waals surface area contributed by atoms with E-state index in [1.807, 2.05) is 0 Å². The van der Waals surface area contributed by atoms with Gasteiger partial charge in [-0.1, -0.05) is 5.21 Å². The number of aromatic nitrogens is 4. The second kappa shape index (κ2) is 11.2. The Bertz CT molecular complexity index is 1590. The number of aliphatic hydroxyl groups excluding tert-OH is 1. The summed E-state index contributed by atoms with van der Waals surface area (Å²) in [6.07, 6.45) is 5.28. The Labute approximate surface area is 247 Å². The minimum absolute atomic E-state index is 0.0505.